The first-order valence-corrected chi connectivity index (χ1v) is 8.48. The highest BCUT2D eigenvalue weighted by Gasteiger charge is 2.75. The Morgan fingerprint density at radius 3 is 2.43 bits per heavy atom. The molecule has 0 aromatic heterocycles. The molecule has 0 aromatic carbocycles. The molecule has 1 N–H and O–H groups in total. The van der Waals surface area contributed by atoms with Crippen molar-refractivity contribution in [1.29, 1.82) is 0 Å². The van der Waals surface area contributed by atoms with Gasteiger partial charge in [-0.05, 0) is 17.4 Å². The molecule has 2 heterocycles. The monoisotopic (exact) mass is 314 g/mol. The van der Waals surface area contributed by atoms with Gasteiger partial charge in [0.2, 0.25) is 0 Å². The van der Waals surface area contributed by atoms with E-state index in [-0.39, 0.29) is 23.5 Å². The van der Waals surface area contributed by atoms with Crippen LogP contribution in [0.3, 0.4) is 0 Å². The predicted molar refractivity (Wildman–Crippen MR) is 85.6 cm³/mol. The normalized spacial score (nSPS) is 46.6. The Labute approximate surface area is 131 Å². The highest BCUT2D eigenvalue weighted by Crippen LogP contribution is 2.69. The lowest BCUT2D eigenvalue weighted by molar-refractivity contribution is -0.204. The summed E-state index contributed by atoms with van der Waals surface area (Å²) in [6.45, 7) is 11.0. The van der Waals surface area contributed by atoms with Gasteiger partial charge in [-0.1, -0.05) is 34.6 Å². The van der Waals surface area contributed by atoms with Crippen LogP contribution in [0.25, 0.3) is 0 Å². The third-order valence-electron chi connectivity index (χ3n) is 6.10. The summed E-state index contributed by atoms with van der Waals surface area (Å²) in [6, 6.07) is 0. The highest BCUT2D eigenvalue weighted by molar-refractivity contribution is 5.98. The molecule has 2 aliphatic rings. The molecule has 5 atom stereocenters. The summed E-state index contributed by atoms with van der Waals surface area (Å²) in [5.41, 5.74) is -0.660. The Bertz CT molecular complexity index is 432. The SMILES string of the molecule is COC=C[C@]1(C)[C@@H]2O[C@@](O[SiH3])(C[C@H]2C(C)(C)C)[C@@]1(C)CO. The van der Waals surface area contributed by atoms with Gasteiger partial charge < -0.3 is 19.0 Å². The maximum absolute atomic E-state index is 10.1. The minimum atomic E-state index is -0.677. The molecule has 0 radical (unpaired) electrons. The molecule has 2 fully saturated rings. The molecule has 0 aromatic rings. The molecule has 2 bridgehead atoms. The van der Waals surface area contributed by atoms with Gasteiger partial charge in [-0.3, -0.25) is 0 Å². The summed E-state index contributed by atoms with van der Waals surface area (Å²) in [6.07, 6.45) is 4.63. The zero-order chi connectivity index (χ0) is 16.1. The average Bonchev–Trinajstić information content (AvgIpc) is 2.92. The Balaban J connectivity index is 2.55. The maximum atomic E-state index is 10.1. The van der Waals surface area contributed by atoms with Gasteiger partial charge in [-0.2, -0.15) is 0 Å². The molecule has 4 nitrogen and oxygen atoms in total. The first-order chi connectivity index (χ1) is 9.62. The summed E-state index contributed by atoms with van der Waals surface area (Å²) < 4.78 is 17.5. The van der Waals surface area contributed by atoms with Crippen LogP contribution in [0.1, 0.15) is 41.0 Å². The van der Waals surface area contributed by atoms with Crippen molar-refractivity contribution in [3.05, 3.63) is 12.3 Å². The first-order valence-electron chi connectivity index (χ1n) is 7.66. The smallest absolute Gasteiger partial charge is 0.167 e. The van der Waals surface area contributed by atoms with Gasteiger partial charge in [0.25, 0.3) is 0 Å². The number of hydrogen-bond acceptors (Lipinski definition) is 4. The number of aliphatic hydroxyl groups is 1. The van der Waals surface area contributed by atoms with E-state index in [1.165, 1.54) is 0 Å². The second kappa shape index (κ2) is 5.08. The molecular weight excluding hydrogens is 284 g/mol. The minimum Gasteiger partial charge on any atom is -0.505 e. The molecule has 0 aliphatic carbocycles. The third-order valence-corrected chi connectivity index (χ3v) is 6.76. The van der Waals surface area contributed by atoms with Crippen LogP contribution in [0.15, 0.2) is 12.3 Å². The zero-order valence-corrected chi connectivity index (χ0v) is 16.4. The van der Waals surface area contributed by atoms with Crippen LogP contribution in [-0.2, 0) is 13.9 Å². The highest BCUT2D eigenvalue weighted by atomic mass is 28.2. The fourth-order valence-corrected chi connectivity index (χ4v) is 4.96. The van der Waals surface area contributed by atoms with E-state index in [2.05, 4.69) is 34.6 Å². The van der Waals surface area contributed by atoms with Gasteiger partial charge in [-0.25, -0.2) is 0 Å². The van der Waals surface area contributed by atoms with Crippen LogP contribution in [0, 0.1) is 22.2 Å². The molecule has 2 rings (SSSR count). The summed E-state index contributed by atoms with van der Waals surface area (Å²) in [7, 11) is 2.23. The average molecular weight is 314 g/mol. The quantitative estimate of drug-likeness (QED) is 0.633. The van der Waals surface area contributed by atoms with E-state index in [1.807, 2.05) is 6.08 Å². The van der Waals surface area contributed by atoms with Crippen molar-refractivity contribution in [2.24, 2.45) is 22.2 Å². The molecule has 0 saturated carbocycles. The number of hydrogen-bond donors (Lipinski definition) is 1. The van der Waals surface area contributed by atoms with Crippen molar-refractivity contribution in [1.82, 2.24) is 0 Å². The number of fused-ring (bicyclic) bond motifs is 2. The topological polar surface area (TPSA) is 47.9 Å². The summed E-state index contributed by atoms with van der Waals surface area (Å²) in [5, 5.41) is 10.1. The van der Waals surface area contributed by atoms with Crippen molar-refractivity contribution in [2.45, 2.75) is 52.9 Å². The number of methoxy groups -OCH3 is 1. The number of aliphatic hydroxyl groups excluding tert-OH is 1. The van der Waals surface area contributed by atoms with Crippen molar-refractivity contribution >= 4 is 10.5 Å². The Kier molecular flexibility index (Phi) is 4.11. The van der Waals surface area contributed by atoms with Crippen molar-refractivity contribution in [2.75, 3.05) is 13.7 Å². The standard InChI is InChI=1S/C16H30O4Si/c1-13(2,3)11-9-16(20-21)15(5,10-17)14(4,7-8-18-6)12(11)19-16/h7-8,11-12,17H,9-10H2,1-6,21H3/t11-,12-,14-,15+,16-/m1/s1. The van der Waals surface area contributed by atoms with Gasteiger partial charge in [0.1, 0.15) is 10.5 Å². The Morgan fingerprint density at radius 2 is 2.00 bits per heavy atom. The first kappa shape index (κ1) is 17.0. The van der Waals surface area contributed by atoms with Crippen molar-refractivity contribution < 1.29 is 19.0 Å². The van der Waals surface area contributed by atoms with Gasteiger partial charge in [0.05, 0.1) is 31.5 Å². The molecule has 122 valence electrons. The van der Waals surface area contributed by atoms with E-state index in [1.54, 1.807) is 13.4 Å². The number of rotatable bonds is 4. The van der Waals surface area contributed by atoms with Gasteiger partial charge in [0, 0.05) is 11.8 Å². The fourth-order valence-electron chi connectivity index (χ4n) is 4.25. The van der Waals surface area contributed by atoms with Crippen LogP contribution in [0.2, 0.25) is 0 Å². The van der Waals surface area contributed by atoms with E-state index >= 15 is 0 Å². The molecule has 0 unspecified atom stereocenters. The van der Waals surface area contributed by atoms with Crippen LogP contribution in [0.4, 0.5) is 0 Å². The fraction of sp³-hybridized carbons (Fsp3) is 0.875. The van der Waals surface area contributed by atoms with E-state index in [4.69, 9.17) is 13.9 Å². The summed E-state index contributed by atoms with van der Waals surface area (Å²) in [4.78, 5) is 0. The number of ether oxygens (including phenoxy) is 2. The largest absolute Gasteiger partial charge is 0.505 e. The van der Waals surface area contributed by atoms with E-state index in [0.29, 0.717) is 16.4 Å². The minimum absolute atomic E-state index is 0.0231. The maximum Gasteiger partial charge on any atom is 0.167 e. The predicted octanol–water partition coefficient (Wildman–Crippen LogP) is 1.61. The molecule has 0 spiro atoms. The van der Waals surface area contributed by atoms with Gasteiger partial charge in [0.15, 0.2) is 5.79 Å². The van der Waals surface area contributed by atoms with Crippen LogP contribution in [0.5, 0.6) is 0 Å². The Hall–Kier alpha value is -0.363. The lowest BCUT2D eigenvalue weighted by Gasteiger charge is -2.53. The second-order valence-electron chi connectivity index (χ2n) is 7.98. The molecular formula is C16H30O4Si. The lowest BCUT2D eigenvalue weighted by Crippen LogP contribution is -2.59. The molecule has 2 aliphatic heterocycles. The van der Waals surface area contributed by atoms with Crippen LogP contribution in [-0.4, -0.2) is 41.2 Å². The van der Waals surface area contributed by atoms with E-state index in [9.17, 15) is 5.11 Å². The Morgan fingerprint density at radius 1 is 1.38 bits per heavy atom. The van der Waals surface area contributed by atoms with Crippen LogP contribution >= 0.6 is 0 Å². The second-order valence-corrected chi connectivity index (χ2v) is 8.39. The molecule has 21 heavy (non-hydrogen) atoms. The van der Waals surface area contributed by atoms with Crippen molar-refractivity contribution in [3.8, 4) is 0 Å². The zero-order valence-electron chi connectivity index (χ0n) is 14.4. The van der Waals surface area contributed by atoms with Gasteiger partial charge in [-0.15, -0.1) is 0 Å². The summed E-state index contributed by atoms with van der Waals surface area (Å²) >= 11 is 0. The molecule has 2 saturated heterocycles. The van der Waals surface area contributed by atoms with Gasteiger partial charge >= 0.3 is 0 Å². The lowest BCUT2D eigenvalue weighted by atomic mass is 9.51. The molecule has 0 amide bonds. The van der Waals surface area contributed by atoms with E-state index in [0.717, 1.165) is 6.42 Å². The third kappa shape index (κ3) is 2.05. The van der Waals surface area contributed by atoms with E-state index < -0.39 is 11.2 Å². The van der Waals surface area contributed by atoms with Crippen LogP contribution < -0.4 is 0 Å². The molecule has 5 heteroatoms. The van der Waals surface area contributed by atoms with Crippen molar-refractivity contribution in [3.63, 3.8) is 0 Å². The summed E-state index contributed by atoms with van der Waals surface area (Å²) in [5.74, 6) is -0.291.